The van der Waals surface area contributed by atoms with Crippen LogP contribution in [0.5, 0.6) is 11.5 Å². The second-order valence-corrected chi connectivity index (χ2v) is 13.2. The second kappa shape index (κ2) is 15.9. The average molecular weight is 608 g/mol. The molecular formula is C34H45N3O5S. The van der Waals surface area contributed by atoms with Crippen LogP contribution in [0.3, 0.4) is 0 Å². The lowest BCUT2D eigenvalue weighted by atomic mass is 9.98. The average Bonchev–Trinajstić information content (AvgIpc) is 3.00. The van der Waals surface area contributed by atoms with E-state index < -0.39 is 16.1 Å². The van der Waals surface area contributed by atoms with Gasteiger partial charge in [-0.05, 0) is 66.8 Å². The molecule has 232 valence electrons. The Kier molecular flexibility index (Phi) is 12.0. The van der Waals surface area contributed by atoms with Crippen LogP contribution >= 0.6 is 0 Å². The lowest BCUT2D eigenvalue weighted by Crippen LogP contribution is -2.36. The van der Waals surface area contributed by atoms with E-state index in [-0.39, 0.29) is 23.3 Å². The van der Waals surface area contributed by atoms with Gasteiger partial charge in [0.05, 0.1) is 30.2 Å². The Balaban J connectivity index is 1.42. The molecule has 4 rings (SSSR count). The number of sulfonamides is 1. The van der Waals surface area contributed by atoms with Crippen LogP contribution in [0.25, 0.3) is 0 Å². The first-order chi connectivity index (χ1) is 20.7. The summed E-state index contributed by atoms with van der Waals surface area (Å²) in [5, 5.41) is 6.61. The lowest BCUT2D eigenvalue weighted by Gasteiger charge is -2.28. The molecule has 0 saturated carbocycles. The van der Waals surface area contributed by atoms with E-state index in [4.69, 9.17) is 9.47 Å². The molecule has 0 aliphatic carbocycles. The minimum Gasteiger partial charge on any atom is -0.494 e. The van der Waals surface area contributed by atoms with Gasteiger partial charge in [-0.15, -0.1) is 0 Å². The quantitative estimate of drug-likeness (QED) is 0.171. The maximum absolute atomic E-state index is 13.4. The number of unbranched alkanes of at least 4 members (excludes halogenated alkanes) is 1. The summed E-state index contributed by atoms with van der Waals surface area (Å²) in [6, 6.07) is 20.7. The smallest absolute Gasteiger partial charge is 0.241 e. The van der Waals surface area contributed by atoms with E-state index in [0.29, 0.717) is 36.9 Å². The maximum atomic E-state index is 13.4. The summed E-state index contributed by atoms with van der Waals surface area (Å²) < 4.78 is 41.1. The normalized spacial score (nSPS) is 15.4. The lowest BCUT2D eigenvalue weighted by molar-refractivity contribution is -0.122. The molecule has 1 heterocycles. The van der Waals surface area contributed by atoms with Crippen LogP contribution in [0.2, 0.25) is 0 Å². The third kappa shape index (κ3) is 9.81. The van der Waals surface area contributed by atoms with Crippen LogP contribution < -0.4 is 24.8 Å². The SMILES string of the molecule is CCCCOc1ccc(S(=O)(=O)NC(CC(=O)NC2CCOc3cc(CNCCC(C)C)ccc32)c2ccccc2)cc1. The number of hydrogen-bond donors (Lipinski definition) is 3. The van der Waals surface area contributed by atoms with E-state index >= 15 is 0 Å². The van der Waals surface area contributed by atoms with E-state index in [1.54, 1.807) is 12.1 Å². The summed E-state index contributed by atoms with van der Waals surface area (Å²) in [5.74, 6) is 1.82. The monoisotopic (exact) mass is 607 g/mol. The number of hydrogen-bond acceptors (Lipinski definition) is 6. The highest BCUT2D eigenvalue weighted by molar-refractivity contribution is 7.89. The summed E-state index contributed by atoms with van der Waals surface area (Å²) in [4.78, 5) is 13.5. The Labute approximate surface area is 256 Å². The molecule has 0 fully saturated rings. The number of carbonyl (C=O) groups is 1. The predicted octanol–water partition coefficient (Wildman–Crippen LogP) is 6.05. The molecule has 43 heavy (non-hydrogen) atoms. The van der Waals surface area contributed by atoms with Gasteiger partial charge in [-0.3, -0.25) is 4.79 Å². The van der Waals surface area contributed by atoms with Gasteiger partial charge in [-0.25, -0.2) is 13.1 Å². The van der Waals surface area contributed by atoms with Crippen molar-refractivity contribution in [1.29, 1.82) is 0 Å². The fraction of sp³-hybridized carbons (Fsp3) is 0.441. The van der Waals surface area contributed by atoms with Crippen LogP contribution in [-0.4, -0.2) is 34.1 Å². The number of ether oxygens (including phenoxy) is 2. The molecule has 0 bridgehead atoms. The van der Waals surface area contributed by atoms with Crippen LogP contribution in [0.15, 0.2) is 77.7 Å². The third-order valence-electron chi connectivity index (χ3n) is 7.47. The minimum atomic E-state index is -3.91. The van der Waals surface area contributed by atoms with E-state index in [2.05, 4.69) is 42.2 Å². The minimum absolute atomic E-state index is 0.0496. The summed E-state index contributed by atoms with van der Waals surface area (Å²) in [6.07, 6.45) is 3.66. The Morgan fingerprint density at radius 2 is 1.81 bits per heavy atom. The van der Waals surface area contributed by atoms with Crippen molar-refractivity contribution in [3.63, 3.8) is 0 Å². The van der Waals surface area contributed by atoms with Crippen molar-refractivity contribution in [2.75, 3.05) is 19.8 Å². The van der Waals surface area contributed by atoms with Crippen molar-refractivity contribution >= 4 is 15.9 Å². The Morgan fingerprint density at radius 3 is 2.53 bits per heavy atom. The fourth-order valence-corrected chi connectivity index (χ4v) is 6.20. The molecule has 2 unspecified atom stereocenters. The van der Waals surface area contributed by atoms with Gasteiger partial charge in [0.2, 0.25) is 15.9 Å². The molecule has 1 amide bonds. The molecule has 1 aliphatic heterocycles. The Morgan fingerprint density at radius 1 is 1.05 bits per heavy atom. The molecular weight excluding hydrogens is 562 g/mol. The molecule has 2 atom stereocenters. The van der Waals surface area contributed by atoms with Crippen molar-refractivity contribution in [3.8, 4) is 11.5 Å². The summed E-state index contributed by atoms with van der Waals surface area (Å²) in [5.41, 5.74) is 2.78. The molecule has 8 nitrogen and oxygen atoms in total. The molecule has 0 aromatic heterocycles. The molecule has 3 aromatic carbocycles. The number of fused-ring (bicyclic) bond motifs is 1. The van der Waals surface area contributed by atoms with Crippen molar-refractivity contribution in [1.82, 2.24) is 15.4 Å². The van der Waals surface area contributed by atoms with Crippen molar-refractivity contribution < 1.29 is 22.7 Å². The Bertz CT molecular complexity index is 1410. The van der Waals surface area contributed by atoms with Gasteiger partial charge >= 0.3 is 0 Å². The second-order valence-electron chi connectivity index (χ2n) is 11.5. The van der Waals surface area contributed by atoms with Crippen LogP contribution in [0.4, 0.5) is 0 Å². The summed E-state index contributed by atoms with van der Waals surface area (Å²) in [6.45, 7) is 9.30. The van der Waals surface area contributed by atoms with Gasteiger partial charge in [0.1, 0.15) is 11.5 Å². The van der Waals surface area contributed by atoms with Gasteiger partial charge in [-0.2, -0.15) is 0 Å². The van der Waals surface area contributed by atoms with Gasteiger partial charge in [0, 0.05) is 24.9 Å². The molecule has 3 aromatic rings. The van der Waals surface area contributed by atoms with E-state index in [1.165, 1.54) is 12.1 Å². The summed E-state index contributed by atoms with van der Waals surface area (Å²) in [7, 11) is -3.91. The van der Waals surface area contributed by atoms with Crippen molar-refractivity contribution in [3.05, 3.63) is 89.5 Å². The van der Waals surface area contributed by atoms with Crippen LogP contribution in [0, 0.1) is 5.92 Å². The topological polar surface area (TPSA) is 106 Å². The molecule has 0 saturated heterocycles. The number of rotatable bonds is 16. The zero-order valence-electron chi connectivity index (χ0n) is 25.5. The first-order valence-corrected chi connectivity index (χ1v) is 16.8. The van der Waals surface area contributed by atoms with E-state index in [1.807, 2.05) is 42.5 Å². The first kappa shape index (κ1) is 32.5. The summed E-state index contributed by atoms with van der Waals surface area (Å²) >= 11 is 0. The highest BCUT2D eigenvalue weighted by Crippen LogP contribution is 2.33. The number of carbonyl (C=O) groups excluding carboxylic acids is 1. The molecule has 9 heteroatoms. The van der Waals surface area contributed by atoms with Gasteiger partial charge in [-0.1, -0.05) is 69.7 Å². The van der Waals surface area contributed by atoms with Crippen LogP contribution in [-0.2, 0) is 21.4 Å². The molecule has 0 spiro atoms. The molecule has 3 N–H and O–H groups in total. The zero-order chi connectivity index (χ0) is 30.7. The van der Waals surface area contributed by atoms with Gasteiger partial charge < -0.3 is 20.1 Å². The molecule has 0 radical (unpaired) electrons. The van der Waals surface area contributed by atoms with Gasteiger partial charge in [0.25, 0.3) is 0 Å². The molecule has 1 aliphatic rings. The Hall–Kier alpha value is -3.40. The van der Waals surface area contributed by atoms with E-state index in [9.17, 15) is 13.2 Å². The standard InChI is InChI=1S/C34H45N3O5S/c1-4-5-20-41-28-12-14-29(15-13-28)43(39,40)37-32(27-9-7-6-8-10-27)23-34(38)36-31-18-21-42-33-22-26(11-16-30(31)33)24-35-19-17-25(2)3/h6-16,22,25,31-32,35,37H,4-5,17-21,23-24H2,1-3H3,(H,36,38). The van der Waals surface area contributed by atoms with E-state index in [0.717, 1.165) is 49.2 Å². The zero-order valence-corrected chi connectivity index (χ0v) is 26.3. The van der Waals surface area contributed by atoms with Gasteiger partial charge in [0.15, 0.2) is 0 Å². The first-order valence-electron chi connectivity index (χ1n) is 15.3. The number of nitrogens with one attached hydrogen (secondary N) is 3. The van der Waals surface area contributed by atoms with Crippen LogP contribution in [0.1, 0.15) is 81.6 Å². The number of benzene rings is 3. The fourth-order valence-electron chi connectivity index (χ4n) is 4.97. The van der Waals surface area contributed by atoms with Crippen molar-refractivity contribution in [2.45, 2.75) is 76.4 Å². The predicted molar refractivity (Wildman–Crippen MR) is 170 cm³/mol. The highest BCUT2D eigenvalue weighted by atomic mass is 32.2. The number of amides is 1. The largest absolute Gasteiger partial charge is 0.494 e. The van der Waals surface area contributed by atoms with Crippen molar-refractivity contribution in [2.24, 2.45) is 5.92 Å². The maximum Gasteiger partial charge on any atom is 0.241 e. The third-order valence-corrected chi connectivity index (χ3v) is 8.96. The highest BCUT2D eigenvalue weighted by Gasteiger charge is 2.27.